The van der Waals surface area contributed by atoms with Gasteiger partial charge in [-0.25, -0.2) is 0 Å². The van der Waals surface area contributed by atoms with Crippen molar-refractivity contribution in [1.29, 1.82) is 0 Å². The molecule has 1 aliphatic heterocycles. The standard InChI is InChI=1S/C15H24N2OS2/c1-5-6-12-15(18)17(9-11(3)19-4)14(16-12)13-8-7-10(2)20-13/h7-8,11-12,14,16H,5-6,9H2,1-4H3. The van der Waals surface area contributed by atoms with E-state index in [-0.39, 0.29) is 18.1 Å². The second-order valence-corrected chi connectivity index (χ2v) is 7.99. The highest BCUT2D eigenvalue weighted by Crippen LogP contribution is 2.32. The van der Waals surface area contributed by atoms with E-state index in [0.717, 1.165) is 19.4 Å². The Balaban J connectivity index is 2.20. The fraction of sp³-hybridized carbons (Fsp3) is 0.667. The summed E-state index contributed by atoms with van der Waals surface area (Å²) in [6.07, 6.45) is 4.12. The van der Waals surface area contributed by atoms with Crippen LogP contribution in [0.3, 0.4) is 0 Å². The lowest BCUT2D eigenvalue weighted by Crippen LogP contribution is -2.35. The van der Waals surface area contributed by atoms with Gasteiger partial charge in [0.2, 0.25) is 5.91 Å². The van der Waals surface area contributed by atoms with Gasteiger partial charge < -0.3 is 4.90 Å². The predicted molar refractivity (Wildman–Crippen MR) is 88.3 cm³/mol. The van der Waals surface area contributed by atoms with Crippen LogP contribution in [0.2, 0.25) is 0 Å². The summed E-state index contributed by atoms with van der Waals surface area (Å²) < 4.78 is 0. The summed E-state index contributed by atoms with van der Waals surface area (Å²) in [5.41, 5.74) is 0. The van der Waals surface area contributed by atoms with E-state index in [0.29, 0.717) is 5.25 Å². The van der Waals surface area contributed by atoms with Crippen molar-refractivity contribution >= 4 is 29.0 Å². The van der Waals surface area contributed by atoms with Gasteiger partial charge in [0, 0.05) is 21.5 Å². The molecule has 0 radical (unpaired) electrons. The zero-order chi connectivity index (χ0) is 14.7. The third-order valence-corrected chi connectivity index (χ3v) is 5.72. The van der Waals surface area contributed by atoms with Gasteiger partial charge in [-0.2, -0.15) is 11.8 Å². The summed E-state index contributed by atoms with van der Waals surface area (Å²) in [5.74, 6) is 0.267. The topological polar surface area (TPSA) is 32.3 Å². The van der Waals surface area contributed by atoms with Crippen LogP contribution in [0, 0.1) is 6.92 Å². The number of amides is 1. The number of nitrogens with zero attached hydrogens (tertiary/aromatic N) is 1. The molecule has 2 rings (SSSR count). The van der Waals surface area contributed by atoms with E-state index in [1.807, 2.05) is 16.7 Å². The van der Waals surface area contributed by atoms with Crippen LogP contribution in [0.5, 0.6) is 0 Å². The van der Waals surface area contributed by atoms with Crippen LogP contribution in [0.1, 0.15) is 42.6 Å². The zero-order valence-electron chi connectivity index (χ0n) is 12.7. The lowest BCUT2D eigenvalue weighted by Gasteiger charge is -2.25. The number of thiophene rings is 1. The molecule has 20 heavy (non-hydrogen) atoms. The van der Waals surface area contributed by atoms with E-state index >= 15 is 0 Å². The van der Waals surface area contributed by atoms with Crippen LogP contribution in [-0.4, -0.2) is 34.9 Å². The summed E-state index contributed by atoms with van der Waals surface area (Å²) in [4.78, 5) is 17.2. The minimum atomic E-state index is -0.0125. The minimum absolute atomic E-state index is 0.0125. The minimum Gasteiger partial charge on any atom is -0.320 e. The van der Waals surface area contributed by atoms with E-state index < -0.39 is 0 Å². The normalized spacial score (nSPS) is 24.4. The van der Waals surface area contributed by atoms with Gasteiger partial charge in [0.1, 0.15) is 6.17 Å². The second-order valence-electron chi connectivity index (χ2n) is 5.40. The van der Waals surface area contributed by atoms with Crippen molar-refractivity contribution in [1.82, 2.24) is 10.2 Å². The molecule has 1 aliphatic rings. The first-order chi connectivity index (χ1) is 9.56. The number of carbonyl (C=O) groups excluding carboxylic acids is 1. The van der Waals surface area contributed by atoms with Crippen molar-refractivity contribution in [2.45, 2.75) is 51.1 Å². The van der Waals surface area contributed by atoms with Gasteiger partial charge in [-0.1, -0.05) is 20.3 Å². The quantitative estimate of drug-likeness (QED) is 0.873. The average molecular weight is 313 g/mol. The summed E-state index contributed by atoms with van der Waals surface area (Å²) in [7, 11) is 0. The van der Waals surface area contributed by atoms with Gasteiger partial charge in [-0.05, 0) is 31.7 Å². The summed E-state index contributed by atoms with van der Waals surface area (Å²) >= 11 is 3.59. The predicted octanol–water partition coefficient (Wildman–Crippen LogP) is 3.41. The average Bonchev–Trinajstić information content (AvgIpc) is 2.97. The van der Waals surface area contributed by atoms with Crippen LogP contribution in [-0.2, 0) is 4.79 Å². The molecule has 1 aromatic heterocycles. The first-order valence-electron chi connectivity index (χ1n) is 7.22. The molecule has 5 heteroatoms. The molecule has 0 aromatic carbocycles. The summed E-state index contributed by atoms with van der Waals surface area (Å²) in [6.45, 7) is 7.24. The van der Waals surface area contributed by atoms with Gasteiger partial charge in [0.05, 0.1) is 6.04 Å². The van der Waals surface area contributed by atoms with Gasteiger partial charge in [-0.15, -0.1) is 11.3 Å². The Morgan fingerprint density at radius 1 is 1.50 bits per heavy atom. The van der Waals surface area contributed by atoms with E-state index in [4.69, 9.17) is 0 Å². The van der Waals surface area contributed by atoms with E-state index in [2.05, 4.69) is 44.5 Å². The van der Waals surface area contributed by atoms with Crippen molar-refractivity contribution in [3.8, 4) is 0 Å². The lowest BCUT2D eigenvalue weighted by atomic mass is 10.2. The molecule has 1 fully saturated rings. The van der Waals surface area contributed by atoms with Crippen LogP contribution >= 0.6 is 23.1 Å². The zero-order valence-corrected chi connectivity index (χ0v) is 14.3. The molecule has 1 amide bonds. The Labute approximate surface area is 130 Å². The highest BCUT2D eigenvalue weighted by atomic mass is 32.2. The summed E-state index contributed by atoms with van der Waals surface area (Å²) in [6, 6.07) is 4.27. The molecule has 3 atom stereocenters. The Hall–Kier alpha value is -0.520. The maximum atomic E-state index is 12.6. The highest BCUT2D eigenvalue weighted by Gasteiger charge is 2.39. The lowest BCUT2D eigenvalue weighted by molar-refractivity contribution is -0.130. The van der Waals surface area contributed by atoms with Gasteiger partial charge in [-0.3, -0.25) is 10.1 Å². The van der Waals surface area contributed by atoms with Crippen molar-refractivity contribution in [2.24, 2.45) is 0 Å². The Morgan fingerprint density at radius 3 is 2.80 bits per heavy atom. The second kappa shape index (κ2) is 6.96. The molecule has 0 bridgehead atoms. The molecule has 1 saturated heterocycles. The highest BCUT2D eigenvalue weighted by molar-refractivity contribution is 7.99. The van der Waals surface area contributed by atoms with Gasteiger partial charge in [0.25, 0.3) is 0 Å². The molecular formula is C15H24N2OS2. The van der Waals surface area contributed by atoms with E-state index in [1.54, 1.807) is 11.3 Å². The molecule has 0 spiro atoms. The third kappa shape index (κ3) is 3.38. The Kier molecular flexibility index (Phi) is 5.52. The number of hydrogen-bond donors (Lipinski definition) is 1. The van der Waals surface area contributed by atoms with Crippen LogP contribution in [0.25, 0.3) is 0 Å². The number of aryl methyl sites for hydroxylation is 1. The van der Waals surface area contributed by atoms with Gasteiger partial charge >= 0.3 is 0 Å². The van der Waals surface area contributed by atoms with Crippen LogP contribution in [0.15, 0.2) is 12.1 Å². The smallest absolute Gasteiger partial charge is 0.241 e. The first kappa shape index (κ1) is 15.9. The molecule has 3 unspecified atom stereocenters. The fourth-order valence-electron chi connectivity index (χ4n) is 2.56. The molecule has 1 N–H and O–H groups in total. The maximum Gasteiger partial charge on any atom is 0.241 e. The molecule has 0 aliphatic carbocycles. The van der Waals surface area contributed by atoms with E-state index in [1.165, 1.54) is 9.75 Å². The number of hydrogen-bond acceptors (Lipinski definition) is 4. The fourth-order valence-corrected chi connectivity index (χ4v) is 3.82. The molecular weight excluding hydrogens is 288 g/mol. The first-order valence-corrected chi connectivity index (χ1v) is 9.33. The number of nitrogens with one attached hydrogen (secondary N) is 1. The Morgan fingerprint density at radius 2 is 2.25 bits per heavy atom. The molecule has 112 valence electrons. The van der Waals surface area contributed by atoms with Crippen molar-refractivity contribution in [3.05, 3.63) is 21.9 Å². The summed E-state index contributed by atoms with van der Waals surface area (Å²) in [5, 5.41) is 3.99. The number of rotatable bonds is 6. The van der Waals surface area contributed by atoms with Gasteiger partial charge in [0.15, 0.2) is 0 Å². The van der Waals surface area contributed by atoms with E-state index in [9.17, 15) is 4.79 Å². The number of thioether (sulfide) groups is 1. The molecule has 1 aromatic rings. The maximum absolute atomic E-state index is 12.6. The molecule has 0 saturated carbocycles. The van der Waals surface area contributed by atoms with Crippen molar-refractivity contribution in [2.75, 3.05) is 12.8 Å². The largest absolute Gasteiger partial charge is 0.320 e. The monoisotopic (exact) mass is 312 g/mol. The Bertz CT molecular complexity index is 460. The third-order valence-electron chi connectivity index (χ3n) is 3.72. The van der Waals surface area contributed by atoms with Crippen molar-refractivity contribution < 1.29 is 4.79 Å². The SMILES string of the molecule is CCCC1NC(c2ccc(C)s2)N(CC(C)SC)C1=O. The molecule has 2 heterocycles. The van der Waals surface area contributed by atoms with Crippen LogP contribution in [0.4, 0.5) is 0 Å². The van der Waals surface area contributed by atoms with Crippen LogP contribution < -0.4 is 5.32 Å². The van der Waals surface area contributed by atoms with Crippen molar-refractivity contribution in [3.63, 3.8) is 0 Å². The molecule has 3 nitrogen and oxygen atoms in total. The number of carbonyl (C=O) groups is 1.